The molecule has 2 aromatic rings. The number of carbonyl (C=O) groups excluding carboxylic acids is 1. The van der Waals surface area contributed by atoms with Crippen LogP contribution in [0.15, 0.2) is 48.5 Å². The molecule has 1 amide bonds. The number of phenolic OH excluding ortho intramolecular Hbond substituents is 1. The van der Waals surface area contributed by atoms with E-state index in [0.29, 0.717) is 11.3 Å². The third kappa shape index (κ3) is 2.51. The lowest BCUT2D eigenvalue weighted by molar-refractivity contribution is 0.102. The van der Waals surface area contributed by atoms with Crippen molar-refractivity contribution in [3.8, 4) is 5.75 Å². The number of carbonyl (C=O) groups is 1. The zero-order valence-electron chi connectivity index (χ0n) is 10.2. The minimum Gasteiger partial charge on any atom is -0.506 e. The smallest absolute Gasteiger partial charge is 0.256 e. The summed E-state index contributed by atoms with van der Waals surface area (Å²) in [6.07, 6.45) is 0.796. The molecule has 0 spiro atoms. The lowest BCUT2D eigenvalue weighted by Crippen LogP contribution is -2.14. The zero-order valence-corrected chi connectivity index (χ0v) is 10.2. The molecule has 0 aliphatic carbocycles. The standard InChI is InChI=1S/C15H15NO2/c1-2-11-7-3-4-8-12(11)15(18)16-13-9-5-6-10-14(13)17/h3-10,17H,2H2,1H3,(H,16,18). The number of aryl methyl sites for hydroxylation is 1. The van der Waals surface area contributed by atoms with Crippen LogP contribution in [0.5, 0.6) is 5.75 Å². The number of para-hydroxylation sites is 2. The second-order valence-corrected chi connectivity index (χ2v) is 3.98. The summed E-state index contributed by atoms with van der Waals surface area (Å²) in [7, 11) is 0. The highest BCUT2D eigenvalue weighted by molar-refractivity contribution is 6.05. The van der Waals surface area contributed by atoms with E-state index in [4.69, 9.17) is 0 Å². The predicted octanol–water partition coefficient (Wildman–Crippen LogP) is 3.21. The van der Waals surface area contributed by atoms with Crippen LogP contribution in [0.4, 0.5) is 5.69 Å². The molecule has 0 heterocycles. The highest BCUT2D eigenvalue weighted by atomic mass is 16.3. The topological polar surface area (TPSA) is 49.3 Å². The van der Waals surface area contributed by atoms with E-state index in [9.17, 15) is 9.90 Å². The van der Waals surface area contributed by atoms with E-state index < -0.39 is 0 Å². The van der Waals surface area contributed by atoms with Gasteiger partial charge >= 0.3 is 0 Å². The van der Waals surface area contributed by atoms with Crippen molar-refractivity contribution in [2.75, 3.05) is 5.32 Å². The molecule has 2 rings (SSSR count). The van der Waals surface area contributed by atoms with Gasteiger partial charge in [0.05, 0.1) is 5.69 Å². The maximum Gasteiger partial charge on any atom is 0.256 e. The Morgan fingerprint density at radius 3 is 2.50 bits per heavy atom. The number of rotatable bonds is 3. The predicted molar refractivity (Wildman–Crippen MR) is 71.9 cm³/mol. The molecule has 0 saturated heterocycles. The van der Waals surface area contributed by atoms with E-state index in [1.165, 1.54) is 0 Å². The SMILES string of the molecule is CCc1ccccc1C(=O)Nc1ccccc1O. The number of amides is 1. The van der Waals surface area contributed by atoms with Gasteiger partial charge in [0.25, 0.3) is 5.91 Å². The largest absolute Gasteiger partial charge is 0.506 e. The summed E-state index contributed by atoms with van der Waals surface area (Å²) in [4.78, 5) is 12.1. The third-order valence-electron chi connectivity index (χ3n) is 2.80. The lowest BCUT2D eigenvalue weighted by Gasteiger charge is -2.09. The molecule has 0 atom stereocenters. The Morgan fingerprint density at radius 1 is 1.11 bits per heavy atom. The van der Waals surface area contributed by atoms with Crippen LogP contribution in [-0.2, 0) is 6.42 Å². The van der Waals surface area contributed by atoms with Gasteiger partial charge in [-0.05, 0) is 30.2 Å². The van der Waals surface area contributed by atoms with Gasteiger partial charge in [0.15, 0.2) is 0 Å². The van der Waals surface area contributed by atoms with Gasteiger partial charge < -0.3 is 10.4 Å². The third-order valence-corrected chi connectivity index (χ3v) is 2.80. The molecule has 3 nitrogen and oxygen atoms in total. The average molecular weight is 241 g/mol. The van der Waals surface area contributed by atoms with Gasteiger partial charge in [-0.25, -0.2) is 0 Å². The Balaban J connectivity index is 2.25. The van der Waals surface area contributed by atoms with E-state index in [1.807, 2.05) is 25.1 Å². The Hall–Kier alpha value is -2.29. The van der Waals surface area contributed by atoms with Gasteiger partial charge in [0, 0.05) is 5.56 Å². The Labute approximate surface area is 106 Å². The summed E-state index contributed by atoms with van der Waals surface area (Å²) in [5.74, 6) is -0.131. The first-order chi connectivity index (χ1) is 8.72. The second kappa shape index (κ2) is 5.36. The molecule has 2 aromatic carbocycles. The maximum atomic E-state index is 12.1. The number of hydrogen-bond acceptors (Lipinski definition) is 2. The van der Waals surface area contributed by atoms with Gasteiger partial charge in [0.1, 0.15) is 5.75 Å². The number of aromatic hydroxyl groups is 1. The normalized spacial score (nSPS) is 10.1. The molecule has 0 aromatic heterocycles. The Kier molecular flexibility index (Phi) is 3.63. The van der Waals surface area contributed by atoms with Crippen LogP contribution >= 0.6 is 0 Å². The van der Waals surface area contributed by atoms with Crippen molar-refractivity contribution in [2.45, 2.75) is 13.3 Å². The summed E-state index contributed by atoms with van der Waals surface area (Å²) in [6, 6.07) is 14.2. The van der Waals surface area contributed by atoms with Gasteiger partial charge in [-0.2, -0.15) is 0 Å². The molecule has 0 aliphatic heterocycles. The Morgan fingerprint density at radius 2 is 1.78 bits per heavy atom. The van der Waals surface area contributed by atoms with E-state index in [-0.39, 0.29) is 11.7 Å². The first-order valence-electron chi connectivity index (χ1n) is 5.89. The second-order valence-electron chi connectivity index (χ2n) is 3.98. The van der Waals surface area contributed by atoms with Crippen molar-refractivity contribution in [3.63, 3.8) is 0 Å². The highest BCUT2D eigenvalue weighted by Gasteiger charge is 2.11. The van der Waals surface area contributed by atoms with Crippen LogP contribution in [0.25, 0.3) is 0 Å². The highest BCUT2D eigenvalue weighted by Crippen LogP contribution is 2.22. The molecule has 0 radical (unpaired) electrons. The van der Waals surface area contributed by atoms with Crippen molar-refractivity contribution in [1.82, 2.24) is 0 Å². The quantitative estimate of drug-likeness (QED) is 0.811. The molecule has 0 fully saturated rings. The molecule has 0 aliphatic rings. The number of phenols is 1. The molecular formula is C15H15NO2. The minimum absolute atomic E-state index is 0.0693. The molecule has 2 N–H and O–H groups in total. The monoisotopic (exact) mass is 241 g/mol. The fourth-order valence-electron chi connectivity index (χ4n) is 1.82. The summed E-state index contributed by atoms with van der Waals surface area (Å²) < 4.78 is 0. The lowest BCUT2D eigenvalue weighted by atomic mass is 10.0. The van der Waals surface area contributed by atoms with E-state index >= 15 is 0 Å². The van der Waals surface area contributed by atoms with E-state index in [0.717, 1.165) is 12.0 Å². The van der Waals surface area contributed by atoms with Crippen molar-refractivity contribution in [2.24, 2.45) is 0 Å². The maximum absolute atomic E-state index is 12.1. The van der Waals surface area contributed by atoms with Crippen molar-refractivity contribution < 1.29 is 9.90 Å². The van der Waals surface area contributed by atoms with Crippen LogP contribution < -0.4 is 5.32 Å². The van der Waals surface area contributed by atoms with Gasteiger partial charge in [-0.1, -0.05) is 37.3 Å². The van der Waals surface area contributed by atoms with Gasteiger partial charge in [-0.15, -0.1) is 0 Å². The molecule has 0 saturated carbocycles. The van der Waals surface area contributed by atoms with Crippen LogP contribution in [-0.4, -0.2) is 11.0 Å². The number of benzene rings is 2. The first-order valence-corrected chi connectivity index (χ1v) is 5.89. The molecular weight excluding hydrogens is 226 g/mol. The van der Waals surface area contributed by atoms with Crippen LogP contribution in [0.2, 0.25) is 0 Å². The first kappa shape index (κ1) is 12.2. The van der Waals surface area contributed by atoms with Crippen LogP contribution in [0, 0.1) is 0 Å². The summed E-state index contributed by atoms with van der Waals surface area (Å²) in [5, 5.41) is 12.3. The van der Waals surface area contributed by atoms with E-state index in [1.54, 1.807) is 30.3 Å². The van der Waals surface area contributed by atoms with Crippen molar-refractivity contribution in [3.05, 3.63) is 59.7 Å². The summed E-state index contributed by atoms with van der Waals surface area (Å²) in [6.45, 7) is 2.01. The molecule has 0 bridgehead atoms. The Bertz CT molecular complexity index is 564. The number of anilines is 1. The number of hydrogen-bond donors (Lipinski definition) is 2. The molecule has 3 heteroatoms. The average Bonchev–Trinajstić information content (AvgIpc) is 2.41. The minimum atomic E-state index is -0.200. The van der Waals surface area contributed by atoms with E-state index in [2.05, 4.69) is 5.32 Å². The van der Waals surface area contributed by atoms with Gasteiger partial charge in [-0.3, -0.25) is 4.79 Å². The zero-order chi connectivity index (χ0) is 13.0. The number of nitrogens with one attached hydrogen (secondary N) is 1. The van der Waals surface area contributed by atoms with Crippen LogP contribution in [0.1, 0.15) is 22.8 Å². The van der Waals surface area contributed by atoms with Crippen molar-refractivity contribution in [1.29, 1.82) is 0 Å². The molecule has 0 unspecified atom stereocenters. The fraction of sp³-hybridized carbons (Fsp3) is 0.133. The summed E-state index contributed by atoms with van der Waals surface area (Å²) in [5.41, 5.74) is 2.06. The molecule has 92 valence electrons. The molecule has 18 heavy (non-hydrogen) atoms. The van der Waals surface area contributed by atoms with Crippen molar-refractivity contribution >= 4 is 11.6 Å². The van der Waals surface area contributed by atoms with Gasteiger partial charge in [0.2, 0.25) is 0 Å². The fourth-order valence-corrected chi connectivity index (χ4v) is 1.82. The summed E-state index contributed by atoms with van der Waals surface area (Å²) >= 11 is 0. The van der Waals surface area contributed by atoms with Crippen LogP contribution in [0.3, 0.4) is 0 Å².